The van der Waals surface area contributed by atoms with Crippen molar-refractivity contribution < 1.29 is 13.9 Å². The average Bonchev–Trinajstić information content (AvgIpc) is 2.99. The van der Waals surface area contributed by atoms with Crippen LogP contribution in [0.2, 0.25) is 10.0 Å². The highest BCUT2D eigenvalue weighted by atomic mass is 35.5. The van der Waals surface area contributed by atoms with Crippen molar-refractivity contribution in [2.75, 3.05) is 14.1 Å². The first-order chi connectivity index (χ1) is 12.9. The Morgan fingerprint density at radius 1 is 1.15 bits per heavy atom. The van der Waals surface area contributed by atoms with Gasteiger partial charge in [-0.25, -0.2) is 9.78 Å². The summed E-state index contributed by atoms with van der Waals surface area (Å²) in [7, 11) is 4.07. The fourth-order valence-corrected chi connectivity index (χ4v) is 3.65. The van der Waals surface area contributed by atoms with Crippen LogP contribution in [0.1, 0.15) is 23.2 Å². The van der Waals surface area contributed by atoms with Crippen molar-refractivity contribution in [1.29, 1.82) is 0 Å². The van der Waals surface area contributed by atoms with Crippen LogP contribution in [0.5, 0.6) is 0 Å². The van der Waals surface area contributed by atoms with Gasteiger partial charge < -0.3 is 14.1 Å². The molecule has 2 aromatic carbocycles. The zero-order valence-electron chi connectivity index (χ0n) is 14.9. The third-order valence-electron chi connectivity index (χ3n) is 4.81. The van der Waals surface area contributed by atoms with Gasteiger partial charge in [-0.1, -0.05) is 23.2 Å². The predicted molar refractivity (Wildman–Crippen MR) is 105 cm³/mol. The van der Waals surface area contributed by atoms with Crippen LogP contribution in [0.15, 0.2) is 40.8 Å². The fourth-order valence-electron chi connectivity index (χ4n) is 3.13. The molecule has 1 heterocycles. The molecule has 1 aliphatic rings. The Balaban J connectivity index is 1.53. The van der Waals surface area contributed by atoms with E-state index in [1.165, 1.54) is 0 Å². The van der Waals surface area contributed by atoms with Crippen LogP contribution in [0, 0.1) is 0 Å². The first-order valence-electron chi connectivity index (χ1n) is 8.63. The second-order valence-electron chi connectivity index (χ2n) is 6.98. The molecule has 4 rings (SSSR count). The van der Waals surface area contributed by atoms with E-state index in [1.54, 1.807) is 36.4 Å². The molecule has 1 aromatic heterocycles. The zero-order chi connectivity index (χ0) is 19.1. The van der Waals surface area contributed by atoms with Gasteiger partial charge in [-0.15, -0.1) is 0 Å². The number of halogens is 2. The number of carbonyl (C=O) groups excluding carboxylic acids is 1. The number of nitrogens with zero attached hydrogens (tertiary/aromatic N) is 2. The van der Waals surface area contributed by atoms with E-state index in [0.717, 1.165) is 12.8 Å². The van der Waals surface area contributed by atoms with Gasteiger partial charge in [0.2, 0.25) is 5.89 Å². The van der Waals surface area contributed by atoms with E-state index >= 15 is 0 Å². The normalized spacial score (nSPS) is 19.3. The lowest BCUT2D eigenvalue weighted by Crippen LogP contribution is -2.45. The van der Waals surface area contributed by atoms with Crippen molar-refractivity contribution in [3.63, 3.8) is 0 Å². The zero-order valence-corrected chi connectivity index (χ0v) is 16.4. The molecule has 27 heavy (non-hydrogen) atoms. The molecule has 0 atom stereocenters. The van der Waals surface area contributed by atoms with Crippen LogP contribution < -0.4 is 0 Å². The summed E-state index contributed by atoms with van der Waals surface area (Å²) in [5, 5.41) is 1.00. The Hall–Kier alpha value is -2.08. The number of oxazole rings is 1. The molecular weight excluding hydrogens is 387 g/mol. The highest BCUT2D eigenvalue weighted by Gasteiger charge is 2.33. The molecule has 0 unspecified atom stereocenters. The van der Waals surface area contributed by atoms with Crippen molar-refractivity contribution in [3.8, 4) is 11.5 Å². The molecule has 0 N–H and O–H groups in total. The highest BCUT2D eigenvalue weighted by molar-refractivity contribution is 6.35. The Kier molecular flexibility index (Phi) is 4.84. The Morgan fingerprint density at radius 2 is 1.85 bits per heavy atom. The fraction of sp³-hybridized carbons (Fsp3) is 0.300. The minimum absolute atomic E-state index is 0.0283. The van der Waals surface area contributed by atoms with Gasteiger partial charge in [-0.05, 0) is 50.5 Å². The van der Waals surface area contributed by atoms with E-state index < -0.39 is 0 Å². The molecule has 1 fully saturated rings. The number of carbonyl (C=O) groups is 1. The van der Waals surface area contributed by atoms with Gasteiger partial charge in [0.05, 0.1) is 5.56 Å². The van der Waals surface area contributed by atoms with Gasteiger partial charge >= 0.3 is 5.97 Å². The van der Waals surface area contributed by atoms with Gasteiger partial charge in [0.1, 0.15) is 11.6 Å². The van der Waals surface area contributed by atoms with Gasteiger partial charge in [0, 0.05) is 34.5 Å². The Labute approximate surface area is 166 Å². The maximum Gasteiger partial charge on any atom is 0.338 e. The van der Waals surface area contributed by atoms with Crippen molar-refractivity contribution in [1.82, 2.24) is 9.88 Å². The lowest BCUT2D eigenvalue weighted by Gasteiger charge is -2.38. The van der Waals surface area contributed by atoms with Crippen LogP contribution in [0.25, 0.3) is 22.6 Å². The largest absolute Gasteiger partial charge is 0.459 e. The third-order valence-corrected chi connectivity index (χ3v) is 5.24. The maximum absolute atomic E-state index is 12.4. The average molecular weight is 405 g/mol. The summed E-state index contributed by atoms with van der Waals surface area (Å²) in [5.74, 6) is 0.0515. The number of benzene rings is 2. The molecule has 0 radical (unpaired) electrons. The van der Waals surface area contributed by atoms with Crippen molar-refractivity contribution >= 4 is 40.3 Å². The van der Waals surface area contributed by atoms with Gasteiger partial charge in [0.15, 0.2) is 5.58 Å². The lowest BCUT2D eigenvalue weighted by molar-refractivity contribution is -0.0190. The Morgan fingerprint density at radius 3 is 2.52 bits per heavy atom. The molecule has 7 heteroatoms. The minimum atomic E-state index is -0.345. The number of rotatable bonds is 4. The van der Waals surface area contributed by atoms with Crippen LogP contribution in [-0.4, -0.2) is 42.1 Å². The number of esters is 1. The van der Waals surface area contributed by atoms with Crippen LogP contribution in [0.3, 0.4) is 0 Å². The van der Waals surface area contributed by atoms with E-state index in [-0.39, 0.29) is 12.1 Å². The first kappa shape index (κ1) is 18.3. The van der Waals surface area contributed by atoms with Crippen molar-refractivity contribution in [2.24, 2.45) is 0 Å². The van der Waals surface area contributed by atoms with Crippen molar-refractivity contribution in [2.45, 2.75) is 25.0 Å². The standard InChI is InChI=1S/C20H18Cl2N2O3/c1-24(2)15-9-16(10-15)26-20(25)11-3-4-17-18(7-11)27-19(23-17)12-5-13(21)8-14(22)6-12/h3-8,15-16H,9-10H2,1-2H3/t15-,16+. The summed E-state index contributed by atoms with van der Waals surface area (Å²) in [4.78, 5) is 19.0. The highest BCUT2D eigenvalue weighted by Crippen LogP contribution is 2.31. The number of hydrogen-bond acceptors (Lipinski definition) is 5. The van der Waals surface area contributed by atoms with E-state index in [2.05, 4.69) is 9.88 Å². The summed E-state index contributed by atoms with van der Waals surface area (Å²) in [6.45, 7) is 0. The Bertz CT molecular complexity index is 989. The van der Waals surface area contributed by atoms with Crippen LogP contribution in [0.4, 0.5) is 0 Å². The SMILES string of the molecule is CN(C)[C@H]1C[C@@H](OC(=O)c2ccc3nc(-c4cc(Cl)cc(Cl)c4)oc3c2)C1. The minimum Gasteiger partial charge on any atom is -0.459 e. The summed E-state index contributed by atoms with van der Waals surface area (Å²) in [6.07, 6.45) is 1.70. The third kappa shape index (κ3) is 3.81. The molecule has 3 aromatic rings. The summed E-state index contributed by atoms with van der Waals surface area (Å²) in [6, 6.07) is 10.7. The number of fused-ring (bicyclic) bond motifs is 1. The molecule has 5 nitrogen and oxygen atoms in total. The summed E-state index contributed by atoms with van der Waals surface area (Å²) >= 11 is 12.1. The molecule has 0 saturated heterocycles. The van der Waals surface area contributed by atoms with Gasteiger partial charge in [-0.2, -0.15) is 0 Å². The summed E-state index contributed by atoms with van der Waals surface area (Å²) < 4.78 is 11.4. The van der Waals surface area contributed by atoms with Crippen LogP contribution >= 0.6 is 23.2 Å². The second-order valence-corrected chi connectivity index (χ2v) is 7.85. The molecular formula is C20H18Cl2N2O3. The smallest absolute Gasteiger partial charge is 0.338 e. The predicted octanol–water partition coefficient (Wildman–Crippen LogP) is 5.05. The van der Waals surface area contributed by atoms with E-state index in [4.69, 9.17) is 32.4 Å². The number of aromatic nitrogens is 1. The molecule has 1 saturated carbocycles. The molecule has 0 bridgehead atoms. The van der Waals surface area contributed by atoms with Crippen LogP contribution in [-0.2, 0) is 4.74 Å². The van der Waals surface area contributed by atoms with Gasteiger partial charge in [-0.3, -0.25) is 0 Å². The molecule has 1 aliphatic carbocycles. The topological polar surface area (TPSA) is 55.6 Å². The lowest BCUT2D eigenvalue weighted by atomic mass is 9.88. The summed E-state index contributed by atoms with van der Waals surface area (Å²) in [5.41, 5.74) is 2.28. The molecule has 0 amide bonds. The van der Waals surface area contributed by atoms with Gasteiger partial charge in [0.25, 0.3) is 0 Å². The van der Waals surface area contributed by atoms with Crippen molar-refractivity contribution in [3.05, 3.63) is 52.0 Å². The van der Waals surface area contributed by atoms with E-state index in [0.29, 0.717) is 44.2 Å². The van der Waals surface area contributed by atoms with E-state index in [9.17, 15) is 4.79 Å². The number of ether oxygens (including phenoxy) is 1. The quantitative estimate of drug-likeness (QED) is 0.569. The molecule has 0 aliphatic heterocycles. The maximum atomic E-state index is 12.4. The number of hydrogen-bond donors (Lipinski definition) is 0. The molecule has 0 spiro atoms. The van der Waals surface area contributed by atoms with E-state index in [1.807, 2.05) is 14.1 Å². The monoisotopic (exact) mass is 404 g/mol. The second kappa shape index (κ2) is 7.15. The molecule has 140 valence electrons. The first-order valence-corrected chi connectivity index (χ1v) is 9.39.